The molecule has 0 radical (unpaired) electrons. The summed E-state index contributed by atoms with van der Waals surface area (Å²) in [5.74, 6) is -0.168. The molecule has 3 nitrogen and oxygen atoms in total. The molecule has 1 aliphatic heterocycles. The van der Waals surface area contributed by atoms with Gasteiger partial charge in [-0.2, -0.15) is 0 Å². The Labute approximate surface area is 138 Å². The number of nitrogens with zero attached hydrogens (tertiary/aromatic N) is 1. The number of fused-ring (bicyclic) bond motifs is 1. The summed E-state index contributed by atoms with van der Waals surface area (Å²) in [7, 11) is 1.48. The van der Waals surface area contributed by atoms with E-state index >= 15 is 0 Å². The number of benzene rings is 1. The Hall–Kier alpha value is -1.13. The normalized spacial score (nSPS) is 26.5. The highest BCUT2D eigenvalue weighted by atomic mass is 19.1. The lowest BCUT2D eigenvalue weighted by Crippen LogP contribution is -2.39. The van der Waals surface area contributed by atoms with Crippen molar-refractivity contribution in [2.45, 2.75) is 51.6 Å². The molecule has 1 aromatic rings. The van der Waals surface area contributed by atoms with Crippen LogP contribution >= 0.6 is 0 Å². The summed E-state index contributed by atoms with van der Waals surface area (Å²) in [5, 5.41) is 11.5. The first kappa shape index (κ1) is 16.7. The van der Waals surface area contributed by atoms with Gasteiger partial charge in [0.2, 0.25) is 0 Å². The summed E-state index contributed by atoms with van der Waals surface area (Å²) in [6.45, 7) is 7.47. The number of halogens is 1. The molecule has 1 saturated heterocycles. The SMILES string of the molecule is COc1c(F)ccc2c1C(O)(CCCN1CCCC1)C(C)(C)C2. The minimum Gasteiger partial charge on any atom is -0.493 e. The van der Waals surface area contributed by atoms with Gasteiger partial charge in [0.25, 0.3) is 0 Å². The lowest BCUT2D eigenvalue weighted by Gasteiger charge is -2.38. The number of likely N-dealkylation sites (tertiary alicyclic amines) is 1. The molecular weight excluding hydrogens is 293 g/mol. The molecule has 3 rings (SSSR count). The van der Waals surface area contributed by atoms with Crippen LogP contribution in [0.4, 0.5) is 4.39 Å². The average Bonchev–Trinajstić information content (AvgIpc) is 3.07. The second-order valence-electron chi connectivity index (χ2n) is 7.69. The van der Waals surface area contributed by atoms with Gasteiger partial charge in [-0.3, -0.25) is 0 Å². The fourth-order valence-corrected chi connectivity index (χ4v) is 4.39. The fraction of sp³-hybridized carbons (Fsp3) is 0.684. The molecule has 128 valence electrons. The third kappa shape index (κ3) is 2.76. The van der Waals surface area contributed by atoms with Crippen LogP contribution in [0.2, 0.25) is 0 Å². The molecule has 1 heterocycles. The Kier molecular flexibility index (Phi) is 4.41. The summed E-state index contributed by atoms with van der Waals surface area (Å²) < 4.78 is 19.5. The Bertz CT molecular complexity index is 581. The van der Waals surface area contributed by atoms with Crippen molar-refractivity contribution in [1.29, 1.82) is 0 Å². The molecule has 1 N–H and O–H groups in total. The molecule has 0 spiro atoms. The number of methoxy groups -OCH3 is 1. The van der Waals surface area contributed by atoms with Crippen LogP contribution in [0.5, 0.6) is 5.75 Å². The molecular formula is C19H28FNO2. The van der Waals surface area contributed by atoms with Crippen LogP contribution in [0.1, 0.15) is 50.7 Å². The van der Waals surface area contributed by atoms with E-state index in [4.69, 9.17) is 4.74 Å². The molecule has 23 heavy (non-hydrogen) atoms. The number of hydrogen-bond acceptors (Lipinski definition) is 3. The molecule has 0 saturated carbocycles. The van der Waals surface area contributed by atoms with Crippen LogP contribution < -0.4 is 4.74 Å². The van der Waals surface area contributed by atoms with E-state index in [9.17, 15) is 9.50 Å². The first-order valence-electron chi connectivity index (χ1n) is 8.69. The van der Waals surface area contributed by atoms with Crippen molar-refractivity contribution in [1.82, 2.24) is 4.90 Å². The van der Waals surface area contributed by atoms with E-state index in [1.165, 1.54) is 26.0 Å². The highest BCUT2D eigenvalue weighted by molar-refractivity contribution is 5.50. The minimum absolute atomic E-state index is 0.219. The fourth-order valence-electron chi connectivity index (χ4n) is 4.39. The van der Waals surface area contributed by atoms with Gasteiger partial charge in [-0.05, 0) is 63.4 Å². The first-order valence-corrected chi connectivity index (χ1v) is 8.69. The molecule has 1 fully saturated rings. The third-order valence-corrected chi connectivity index (χ3v) is 5.78. The second-order valence-corrected chi connectivity index (χ2v) is 7.69. The highest BCUT2D eigenvalue weighted by Gasteiger charge is 2.52. The van der Waals surface area contributed by atoms with Gasteiger partial charge in [0.1, 0.15) is 0 Å². The van der Waals surface area contributed by atoms with Crippen LogP contribution in [0, 0.1) is 11.2 Å². The number of rotatable bonds is 5. The van der Waals surface area contributed by atoms with Gasteiger partial charge in [0.15, 0.2) is 11.6 Å². The molecule has 0 bridgehead atoms. The predicted molar refractivity (Wildman–Crippen MR) is 89.2 cm³/mol. The Morgan fingerprint density at radius 3 is 2.61 bits per heavy atom. The zero-order chi connectivity index (χ0) is 16.7. The average molecular weight is 321 g/mol. The van der Waals surface area contributed by atoms with E-state index in [-0.39, 0.29) is 17.0 Å². The summed E-state index contributed by atoms with van der Waals surface area (Å²) in [6, 6.07) is 3.25. The van der Waals surface area contributed by atoms with Crippen molar-refractivity contribution >= 4 is 0 Å². The zero-order valence-corrected chi connectivity index (χ0v) is 14.5. The summed E-state index contributed by atoms with van der Waals surface area (Å²) in [5.41, 5.74) is 0.333. The maximum absolute atomic E-state index is 14.2. The number of hydrogen-bond donors (Lipinski definition) is 1. The van der Waals surface area contributed by atoms with Gasteiger partial charge in [-0.1, -0.05) is 19.9 Å². The van der Waals surface area contributed by atoms with Crippen LogP contribution in [-0.4, -0.2) is 36.8 Å². The zero-order valence-electron chi connectivity index (χ0n) is 14.5. The second kappa shape index (κ2) is 6.06. The van der Waals surface area contributed by atoms with Crippen molar-refractivity contribution < 1.29 is 14.2 Å². The van der Waals surface area contributed by atoms with Gasteiger partial charge in [-0.15, -0.1) is 0 Å². The van der Waals surface area contributed by atoms with E-state index in [0.717, 1.165) is 38.0 Å². The van der Waals surface area contributed by atoms with Gasteiger partial charge in [0, 0.05) is 11.0 Å². The number of ether oxygens (including phenoxy) is 1. The van der Waals surface area contributed by atoms with Gasteiger partial charge in [0.05, 0.1) is 12.7 Å². The molecule has 0 aromatic heterocycles. The minimum atomic E-state index is -1.03. The molecule has 0 amide bonds. The quantitative estimate of drug-likeness (QED) is 0.901. The van der Waals surface area contributed by atoms with E-state index in [0.29, 0.717) is 12.0 Å². The monoisotopic (exact) mass is 321 g/mol. The van der Waals surface area contributed by atoms with E-state index < -0.39 is 5.60 Å². The van der Waals surface area contributed by atoms with E-state index in [1.54, 1.807) is 6.07 Å². The summed E-state index contributed by atoms with van der Waals surface area (Å²) in [4.78, 5) is 2.45. The Morgan fingerprint density at radius 2 is 1.96 bits per heavy atom. The van der Waals surface area contributed by atoms with Crippen LogP contribution in [-0.2, 0) is 12.0 Å². The molecule has 2 aliphatic rings. The molecule has 1 unspecified atom stereocenters. The predicted octanol–water partition coefficient (Wildman–Crippen LogP) is 3.48. The molecule has 4 heteroatoms. The van der Waals surface area contributed by atoms with Crippen LogP contribution in [0.3, 0.4) is 0 Å². The van der Waals surface area contributed by atoms with Gasteiger partial charge in [-0.25, -0.2) is 4.39 Å². The van der Waals surface area contributed by atoms with Crippen molar-refractivity contribution in [2.24, 2.45) is 5.41 Å². The lowest BCUT2D eigenvalue weighted by molar-refractivity contribution is -0.0700. The summed E-state index contributed by atoms with van der Waals surface area (Å²) >= 11 is 0. The maximum Gasteiger partial charge on any atom is 0.165 e. The Balaban J connectivity index is 1.86. The highest BCUT2D eigenvalue weighted by Crippen LogP contribution is 2.55. The molecule has 1 aliphatic carbocycles. The van der Waals surface area contributed by atoms with Crippen molar-refractivity contribution in [3.8, 4) is 5.75 Å². The molecule has 1 atom stereocenters. The van der Waals surface area contributed by atoms with Gasteiger partial charge >= 0.3 is 0 Å². The molecule has 1 aromatic carbocycles. The topological polar surface area (TPSA) is 32.7 Å². The smallest absolute Gasteiger partial charge is 0.165 e. The standard InChI is InChI=1S/C19H28FNO2/c1-18(2)13-14-7-8-15(20)17(23-3)16(14)19(18,22)9-6-12-21-10-4-5-11-21/h7-8,22H,4-6,9-13H2,1-3H3. The maximum atomic E-state index is 14.2. The van der Waals surface area contributed by atoms with Crippen LogP contribution in [0.15, 0.2) is 12.1 Å². The number of aliphatic hydroxyl groups is 1. The van der Waals surface area contributed by atoms with E-state index in [1.807, 2.05) is 0 Å². The third-order valence-electron chi connectivity index (χ3n) is 5.78. The van der Waals surface area contributed by atoms with Crippen molar-refractivity contribution in [2.75, 3.05) is 26.7 Å². The largest absolute Gasteiger partial charge is 0.493 e. The van der Waals surface area contributed by atoms with Crippen molar-refractivity contribution in [3.63, 3.8) is 0 Å². The first-order chi connectivity index (χ1) is 10.9. The van der Waals surface area contributed by atoms with E-state index in [2.05, 4.69) is 18.7 Å². The summed E-state index contributed by atoms with van der Waals surface area (Å²) in [6.07, 6.45) is 4.86. The van der Waals surface area contributed by atoms with Crippen LogP contribution in [0.25, 0.3) is 0 Å². The van der Waals surface area contributed by atoms with Gasteiger partial charge < -0.3 is 14.7 Å². The lowest BCUT2D eigenvalue weighted by atomic mass is 9.72. The Morgan fingerprint density at radius 1 is 1.26 bits per heavy atom. The van der Waals surface area contributed by atoms with Crippen molar-refractivity contribution in [3.05, 3.63) is 29.1 Å².